The fourth-order valence-electron chi connectivity index (χ4n) is 1.09. The van der Waals surface area contributed by atoms with Crippen molar-refractivity contribution < 1.29 is 14.3 Å². The average Bonchev–Trinajstić information content (AvgIpc) is 2.22. The molecule has 0 spiro atoms. The first-order chi connectivity index (χ1) is 7.31. The molecule has 15 heavy (non-hydrogen) atoms. The van der Waals surface area contributed by atoms with Crippen LogP contribution >= 0.6 is 0 Å². The van der Waals surface area contributed by atoms with Crippen LogP contribution < -0.4 is 5.32 Å². The van der Waals surface area contributed by atoms with E-state index >= 15 is 0 Å². The van der Waals surface area contributed by atoms with Gasteiger partial charge in [0.05, 0.1) is 13.0 Å². The molecule has 4 heteroatoms. The molecule has 0 aliphatic carbocycles. The number of carbonyl (C=O) groups excluding carboxylic acids is 1. The lowest BCUT2D eigenvalue weighted by Gasteiger charge is -2.05. The van der Waals surface area contributed by atoms with E-state index in [2.05, 4.69) is 12.2 Å². The van der Waals surface area contributed by atoms with Gasteiger partial charge in [-0.1, -0.05) is 6.92 Å². The monoisotopic (exact) mass is 217 g/mol. The third-order valence-electron chi connectivity index (χ3n) is 1.80. The lowest BCUT2D eigenvalue weighted by molar-refractivity contribution is -0.142. The zero-order chi connectivity index (χ0) is 11.4. The summed E-state index contributed by atoms with van der Waals surface area (Å²) in [6.45, 7) is 7.58. The van der Waals surface area contributed by atoms with Gasteiger partial charge < -0.3 is 14.8 Å². The first-order valence-electron chi connectivity index (χ1n) is 5.75. The smallest absolute Gasteiger partial charge is 0.307 e. The highest BCUT2D eigenvalue weighted by Gasteiger charge is 1.99. The van der Waals surface area contributed by atoms with Crippen molar-refractivity contribution in [3.8, 4) is 0 Å². The molecule has 90 valence electrons. The van der Waals surface area contributed by atoms with Crippen molar-refractivity contribution >= 4 is 5.97 Å². The molecule has 0 atom stereocenters. The number of hydrogen-bond donors (Lipinski definition) is 1. The zero-order valence-electron chi connectivity index (χ0n) is 9.88. The molecule has 0 saturated heterocycles. The van der Waals surface area contributed by atoms with Crippen molar-refractivity contribution in [1.29, 1.82) is 0 Å². The summed E-state index contributed by atoms with van der Waals surface area (Å²) in [7, 11) is 0. The molecule has 0 saturated carbocycles. The predicted octanol–water partition coefficient (Wildman–Crippen LogP) is 1.35. The van der Waals surface area contributed by atoms with Gasteiger partial charge in [-0.25, -0.2) is 0 Å². The molecule has 0 aromatic carbocycles. The Hall–Kier alpha value is -0.610. The third kappa shape index (κ3) is 11.3. The number of ether oxygens (including phenoxy) is 2. The van der Waals surface area contributed by atoms with Gasteiger partial charge in [0.25, 0.3) is 0 Å². The van der Waals surface area contributed by atoms with Gasteiger partial charge in [-0.05, 0) is 26.3 Å². The molecule has 0 aliphatic rings. The quantitative estimate of drug-likeness (QED) is 0.443. The highest BCUT2D eigenvalue weighted by atomic mass is 16.5. The Bertz CT molecular complexity index is 151. The molecule has 0 aromatic rings. The van der Waals surface area contributed by atoms with Crippen molar-refractivity contribution in [3.05, 3.63) is 0 Å². The van der Waals surface area contributed by atoms with Crippen LogP contribution in [0.4, 0.5) is 0 Å². The molecule has 0 aromatic heterocycles. The number of rotatable bonds is 10. The maximum atomic E-state index is 10.9. The normalized spacial score (nSPS) is 10.3. The molecular weight excluding hydrogens is 194 g/mol. The molecule has 0 radical (unpaired) electrons. The van der Waals surface area contributed by atoms with Gasteiger partial charge in [-0.2, -0.15) is 0 Å². The summed E-state index contributed by atoms with van der Waals surface area (Å²) in [6.07, 6.45) is 2.50. The van der Waals surface area contributed by atoms with Gasteiger partial charge in [0.2, 0.25) is 0 Å². The van der Waals surface area contributed by atoms with Crippen LogP contribution in [0, 0.1) is 0 Å². The standard InChI is InChI=1S/C11H23NO3/c1-3-9-14-10-5-7-12-8-6-11(13)15-4-2/h12H,3-10H2,1-2H3. The van der Waals surface area contributed by atoms with Crippen LogP contribution in [0.25, 0.3) is 0 Å². The first kappa shape index (κ1) is 14.4. The van der Waals surface area contributed by atoms with E-state index in [1.165, 1.54) is 0 Å². The van der Waals surface area contributed by atoms with Gasteiger partial charge in [-0.15, -0.1) is 0 Å². The summed E-state index contributed by atoms with van der Waals surface area (Å²) in [5, 5.41) is 3.17. The van der Waals surface area contributed by atoms with Crippen LogP contribution in [0.3, 0.4) is 0 Å². The Morgan fingerprint density at radius 2 is 2.00 bits per heavy atom. The van der Waals surface area contributed by atoms with Crippen molar-refractivity contribution in [2.75, 3.05) is 32.9 Å². The summed E-state index contributed by atoms with van der Waals surface area (Å²) in [5.74, 6) is -0.132. The SMILES string of the molecule is CCCOCCCNCCC(=O)OCC. The number of nitrogens with one attached hydrogen (secondary N) is 1. The molecular formula is C11H23NO3. The minimum atomic E-state index is -0.132. The maximum Gasteiger partial charge on any atom is 0.307 e. The van der Waals surface area contributed by atoms with E-state index in [4.69, 9.17) is 9.47 Å². The summed E-state index contributed by atoms with van der Waals surface area (Å²) in [6, 6.07) is 0. The Morgan fingerprint density at radius 1 is 1.20 bits per heavy atom. The molecule has 0 rings (SSSR count). The van der Waals surface area contributed by atoms with E-state index in [0.717, 1.165) is 32.6 Å². The van der Waals surface area contributed by atoms with Crippen LogP contribution in [-0.4, -0.2) is 38.9 Å². The van der Waals surface area contributed by atoms with Gasteiger partial charge in [0.15, 0.2) is 0 Å². The van der Waals surface area contributed by atoms with Crippen molar-refractivity contribution in [1.82, 2.24) is 5.32 Å². The molecule has 1 N–H and O–H groups in total. The van der Waals surface area contributed by atoms with E-state index in [1.807, 2.05) is 6.92 Å². The number of carbonyl (C=O) groups is 1. The van der Waals surface area contributed by atoms with Crippen LogP contribution in [0.5, 0.6) is 0 Å². The maximum absolute atomic E-state index is 10.9. The highest BCUT2D eigenvalue weighted by Crippen LogP contribution is 1.86. The van der Waals surface area contributed by atoms with Crippen molar-refractivity contribution in [2.45, 2.75) is 33.1 Å². The molecule has 0 fully saturated rings. The van der Waals surface area contributed by atoms with Gasteiger partial charge in [0.1, 0.15) is 0 Å². The highest BCUT2D eigenvalue weighted by molar-refractivity contribution is 5.69. The largest absolute Gasteiger partial charge is 0.466 e. The molecule has 0 bridgehead atoms. The molecule has 0 aliphatic heterocycles. The molecule has 4 nitrogen and oxygen atoms in total. The van der Waals surface area contributed by atoms with Gasteiger partial charge in [0, 0.05) is 19.8 Å². The zero-order valence-corrected chi connectivity index (χ0v) is 9.88. The predicted molar refractivity (Wildman–Crippen MR) is 59.8 cm³/mol. The summed E-state index contributed by atoms with van der Waals surface area (Å²) in [4.78, 5) is 10.9. The molecule has 0 heterocycles. The Morgan fingerprint density at radius 3 is 2.67 bits per heavy atom. The summed E-state index contributed by atoms with van der Waals surface area (Å²) >= 11 is 0. The second-order valence-electron chi connectivity index (χ2n) is 3.27. The lowest BCUT2D eigenvalue weighted by atomic mass is 10.4. The fraction of sp³-hybridized carbons (Fsp3) is 0.909. The van der Waals surface area contributed by atoms with Crippen molar-refractivity contribution in [3.63, 3.8) is 0 Å². The van der Waals surface area contributed by atoms with E-state index in [-0.39, 0.29) is 5.97 Å². The summed E-state index contributed by atoms with van der Waals surface area (Å²) in [5.41, 5.74) is 0. The number of hydrogen-bond acceptors (Lipinski definition) is 4. The Kier molecular flexibility index (Phi) is 11.0. The van der Waals surface area contributed by atoms with Crippen molar-refractivity contribution in [2.24, 2.45) is 0 Å². The number of esters is 1. The Labute approximate surface area is 92.3 Å². The Balaban J connectivity index is 3.01. The van der Waals surface area contributed by atoms with Crippen LogP contribution in [0.1, 0.15) is 33.1 Å². The minimum absolute atomic E-state index is 0.132. The van der Waals surface area contributed by atoms with Gasteiger partial charge in [-0.3, -0.25) is 4.79 Å². The van der Waals surface area contributed by atoms with Crippen LogP contribution in [0.2, 0.25) is 0 Å². The lowest BCUT2D eigenvalue weighted by Crippen LogP contribution is -2.21. The van der Waals surface area contributed by atoms with Gasteiger partial charge >= 0.3 is 5.97 Å². The van der Waals surface area contributed by atoms with E-state index in [0.29, 0.717) is 19.6 Å². The van der Waals surface area contributed by atoms with E-state index in [1.54, 1.807) is 0 Å². The second kappa shape index (κ2) is 11.5. The second-order valence-corrected chi connectivity index (χ2v) is 3.27. The molecule has 0 unspecified atom stereocenters. The first-order valence-corrected chi connectivity index (χ1v) is 5.75. The third-order valence-corrected chi connectivity index (χ3v) is 1.80. The molecule has 0 amide bonds. The minimum Gasteiger partial charge on any atom is -0.466 e. The van der Waals surface area contributed by atoms with E-state index < -0.39 is 0 Å². The summed E-state index contributed by atoms with van der Waals surface area (Å²) < 4.78 is 10.1. The fourth-order valence-corrected chi connectivity index (χ4v) is 1.09. The van der Waals surface area contributed by atoms with Crippen LogP contribution in [-0.2, 0) is 14.3 Å². The van der Waals surface area contributed by atoms with Crippen LogP contribution in [0.15, 0.2) is 0 Å². The van der Waals surface area contributed by atoms with E-state index in [9.17, 15) is 4.79 Å². The topological polar surface area (TPSA) is 47.6 Å². The average molecular weight is 217 g/mol.